The Morgan fingerprint density at radius 1 is 1.10 bits per heavy atom. The van der Waals surface area contributed by atoms with E-state index >= 15 is 0 Å². The highest BCUT2D eigenvalue weighted by atomic mass is 19.1. The maximum atomic E-state index is 14.3. The molecule has 0 radical (unpaired) electrons. The number of fused-ring (bicyclic) bond motifs is 1. The molecule has 3 aromatic heterocycles. The number of ether oxygens (including phenoxy) is 2. The van der Waals surface area contributed by atoms with Crippen LogP contribution in [0.1, 0.15) is 30.3 Å². The number of amides is 1. The summed E-state index contributed by atoms with van der Waals surface area (Å²) < 4.78 is 27.8. The van der Waals surface area contributed by atoms with E-state index in [2.05, 4.69) is 31.8 Å². The summed E-state index contributed by atoms with van der Waals surface area (Å²) in [6.07, 6.45) is 7.44. The van der Waals surface area contributed by atoms with Crippen LogP contribution in [-0.4, -0.2) is 41.7 Å². The summed E-state index contributed by atoms with van der Waals surface area (Å²) in [5.41, 5.74) is 9.06. The standard InChI is InChI=1S/C30H27FN8O3/c1-3-26(40)37-21-10-22(11-21)39-30-27(29(32)35-16-36-30)28(38-39)19-4-6-23(7-5-19)42-25-9-20(31)8-24(12-25)41-15-18-13-33-17(2)34-14-18/h3-9,12-14,16,21-22H,1,10-11,15H2,2H3,(H,37,40)(H2,32,35,36). The van der Waals surface area contributed by atoms with Gasteiger partial charge in [0.1, 0.15) is 53.3 Å². The molecule has 0 bridgehead atoms. The Balaban J connectivity index is 1.19. The Kier molecular flexibility index (Phi) is 7.17. The number of aromatic nitrogens is 6. The van der Waals surface area contributed by atoms with E-state index in [9.17, 15) is 9.18 Å². The number of carbonyl (C=O) groups excluding carboxylic acids is 1. The van der Waals surface area contributed by atoms with Crippen LogP contribution in [0.2, 0.25) is 0 Å². The third-order valence-corrected chi connectivity index (χ3v) is 6.96. The quantitative estimate of drug-likeness (QED) is 0.243. The number of anilines is 1. The number of hydrogen-bond acceptors (Lipinski definition) is 9. The average molecular weight is 567 g/mol. The second-order valence-electron chi connectivity index (χ2n) is 9.96. The van der Waals surface area contributed by atoms with E-state index in [1.807, 2.05) is 16.8 Å². The Hall–Kier alpha value is -5.39. The molecule has 0 saturated heterocycles. The lowest BCUT2D eigenvalue weighted by molar-refractivity contribution is -0.117. The Morgan fingerprint density at radius 2 is 1.83 bits per heavy atom. The van der Waals surface area contributed by atoms with Gasteiger partial charge in [-0.25, -0.2) is 29.0 Å². The normalized spacial score (nSPS) is 16.0. The van der Waals surface area contributed by atoms with Crippen LogP contribution in [0.15, 0.2) is 73.8 Å². The van der Waals surface area contributed by atoms with Crippen LogP contribution < -0.4 is 20.5 Å². The predicted molar refractivity (Wildman–Crippen MR) is 153 cm³/mol. The number of rotatable bonds is 9. The van der Waals surface area contributed by atoms with Crippen molar-refractivity contribution in [2.24, 2.45) is 0 Å². The molecule has 1 saturated carbocycles. The van der Waals surface area contributed by atoms with Gasteiger partial charge in [0.05, 0.1) is 11.4 Å². The maximum Gasteiger partial charge on any atom is 0.243 e. The Morgan fingerprint density at radius 3 is 2.57 bits per heavy atom. The Bertz CT molecular complexity index is 1770. The lowest BCUT2D eigenvalue weighted by atomic mass is 9.87. The molecule has 1 amide bonds. The number of hydrogen-bond donors (Lipinski definition) is 2. The van der Waals surface area contributed by atoms with Gasteiger partial charge in [0.2, 0.25) is 5.91 Å². The molecule has 212 valence electrons. The van der Waals surface area contributed by atoms with Crippen molar-refractivity contribution in [2.75, 3.05) is 5.73 Å². The first-order valence-corrected chi connectivity index (χ1v) is 13.3. The molecule has 5 aromatic rings. The van der Waals surface area contributed by atoms with Crippen LogP contribution in [0, 0.1) is 12.7 Å². The smallest absolute Gasteiger partial charge is 0.243 e. The van der Waals surface area contributed by atoms with E-state index in [0.717, 1.165) is 11.1 Å². The summed E-state index contributed by atoms with van der Waals surface area (Å²) in [5, 5.41) is 8.40. The van der Waals surface area contributed by atoms with Crippen molar-refractivity contribution in [2.45, 2.75) is 38.5 Å². The van der Waals surface area contributed by atoms with Crippen LogP contribution in [0.25, 0.3) is 22.3 Å². The minimum absolute atomic E-state index is 0.0455. The van der Waals surface area contributed by atoms with Gasteiger partial charge in [0.15, 0.2) is 5.65 Å². The second kappa shape index (κ2) is 11.2. The fourth-order valence-corrected chi connectivity index (χ4v) is 4.77. The van der Waals surface area contributed by atoms with Crippen molar-refractivity contribution >= 4 is 22.8 Å². The fourth-order valence-electron chi connectivity index (χ4n) is 4.77. The molecule has 0 unspecified atom stereocenters. The van der Waals surface area contributed by atoms with Gasteiger partial charge in [-0.15, -0.1) is 0 Å². The van der Waals surface area contributed by atoms with Crippen molar-refractivity contribution in [1.82, 2.24) is 35.0 Å². The topological polar surface area (TPSA) is 143 Å². The van der Waals surface area contributed by atoms with Gasteiger partial charge in [-0.2, -0.15) is 5.10 Å². The van der Waals surface area contributed by atoms with Crippen molar-refractivity contribution in [3.05, 3.63) is 91.0 Å². The molecule has 12 heteroatoms. The van der Waals surface area contributed by atoms with Crippen LogP contribution in [0.5, 0.6) is 17.2 Å². The number of nitrogens with zero attached hydrogens (tertiary/aromatic N) is 6. The molecule has 1 aliphatic rings. The van der Waals surface area contributed by atoms with E-state index in [-0.39, 0.29) is 30.3 Å². The predicted octanol–water partition coefficient (Wildman–Crippen LogP) is 4.69. The minimum atomic E-state index is -0.492. The third kappa shape index (κ3) is 5.59. The summed E-state index contributed by atoms with van der Waals surface area (Å²) in [6, 6.07) is 11.5. The summed E-state index contributed by atoms with van der Waals surface area (Å²) in [6.45, 7) is 5.49. The number of nitrogens with two attached hydrogens (primary N) is 1. The van der Waals surface area contributed by atoms with E-state index in [4.69, 9.17) is 20.3 Å². The van der Waals surface area contributed by atoms with E-state index in [1.54, 1.807) is 37.5 Å². The highest BCUT2D eigenvalue weighted by molar-refractivity contribution is 5.98. The third-order valence-electron chi connectivity index (χ3n) is 6.96. The van der Waals surface area contributed by atoms with Gasteiger partial charge in [-0.1, -0.05) is 6.58 Å². The molecule has 2 aromatic carbocycles. The molecule has 3 N–H and O–H groups in total. The molecule has 0 atom stereocenters. The number of benzene rings is 2. The molecule has 6 rings (SSSR count). The van der Waals surface area contributed by atoms with E-state index < -0.39 is 5.82 Å². The van der Waals surface area contributed by atoms with Gasteiger partial charge < -0.3 is 20.5 Å². The number of nitrogens with one attached hydrogen (secondary N) is 1. The van der Waals surface area contributed by atoms with Crippen molar-refractivity contribution in [1.29, 1.82) is 0 Å². The number of aryl methyl sites for hydroxylation is 1. The summed E-state index contributed by atoms with van der Waals surface area (Å²) in [4.78, 5) is 28.5. The zero-order valence-corrected chi connectivity index (χ0v) is 22.7. The van der Waals surface area contributed by atoms with Crippen LogP contribution in [0.3, 0.4) is 0 Å². The lowest BCUT2D eigenvalue weighted by Crippen LogP contribution is -2.44. The van der Waals surface area contributed by atoms with Crippen molar-refractivity contribution in [3.63, 3.8) is 0 Å². The minimum Gasteiger partial charge on any atom is -0.489 e. The molecule has 11 nitrogen and oxygen atoms in total. The van der Waals surface area contributed by atoms with Crippen LogP contribution in [0.4, 0.5) is 10.2 Å². The van der Waals surface area contributed by atoms with Crippen molar-refractivity contribution < 1.29 is 18.7 Å². The van der Waals surface area contributed by atoms with Crippen LogP contribution in [-0.2, 0) is 11.4 Å². The first-order chi connectivity index (χ1) is 20.4. The zero-order valence-electron chi connectivity index (χ0n) is 22.7. The summed E-state index contributed by atoms with van der Waals surface area (Å²) >= 11 is 0. The SMILES string of the molecule is C=CC(=O)NC1CC(n2nc(-c3ccc(Oc4cc(F)cc(OCc5cnc(C)nc5)c4)cc3)c3c(N)ncnc32)C1. The average Bonchev–Trinajstić information content (AvgIpc) is 3.35. The molecule has 0 aliphatic heterocycles. The van der Waals surface area contributed by atoms with Gasteiger partial charge >= 0.3 is 0 Å². The van der Waals surface area contributed by atoms with Crippen molar-refractivity contribution in [3.8, 4) is 28.5 Å². The number of halogens is 1. The lowest BCUT2D eigenvalue weighted by Gasteiger charge is -2.35. The molecule has 1 fully saturated rings. The summed E-state index contributed by atoms with van der Waals surface area (Å²) in [7, 11) is 0. The molecular formula is C30H27FN8O3. The first kappa shape index (κ1) is 26.8. The second-order valence-corrected chi connectivity index (χ2v) is 9.96. The van der Waals surface area contributed by atoms with E-state index in [1.165, 1.54) is 24.5 Å². The fraction of sp³-hybridized carbons (Fsp3) is 0.200. The monoisotopic (exact) mass is 566 g/mol. The number of nitrogen functional groups attached to an aromatic ring is 1. The Labute approximate surface area is 240 Å². The molecular weight excluding hydrogens is 539 g/mol. The highest BCUT2D eigenvalue weighted by Gasteiger charge is 2.34. The maximum absolute atomic E-state index is 14.3. The largest absolute Gasteiger partial charge is 0.489 e. The van der Waals surface area contributed by atoms with Crippen LogP contribution >= 0.6 is 0 Å². The molecule has 1 aliphatic carbocycles. The van der Waals surface area contributed by atoms with Gasteiger partial charge in [0, 0.05) is 47.8 Å². The molecule has 3 heterocycles. The van der Waals surface area contributed by atoms with E-state index in [0.29, 0.717) is 52.7 Å². The number of carbonyl (C=O) groups is 1. The summed E-state index contributed by atoms with van der Waals surface area (Å²) in [5.74, 6) is 1.39. The molecule has 42 heavy (non-hydrogen) atoms. The van der Waals surface area contributed by atoms with Gasteiger partial charge in [0.25, 0.3) is 0 Å². The van der Waals surface area contributed by atoms with Gasteiger partial charge in [-0.05, 0) is 50.1 Å². The highest BCUT2D eigenvalue weighted by Crippen LogP contribution is 2.38. The first-order valence-electron chi connectivity index (χ1n) is 13.3. The van der Waals surface area contributed by atoms with Gasteiger partial charge in [-0.3, -0.25) is 4.79 Å². The zero-order chi connectivity index (χ0) is 29.2. The molecule has 0 spiro atoms.